The number of benzene rings is 2. The Morgan fingerprint density at radius 1 is 1.26 bits per heavy atom. The molecule has 6 nitrogen and oxygen atoms in total. The van der Waals surface area contributed by atoms with Crippen LogP contribution in [0.1, 0.15) is 30.4 Å². The van der Waals surface area contributed by atoms with Gasteiger partial charge in [-0.3, -0.25) is 4.79 Å². The van der Waals surface area contributed by atoms with E-state index in [-0.39, 0.29) is 12.3 Å². The van der Waals surface area contributed by atoms with E-state index in [0.717, 1.165) is 33.7 Å². The molecule has 0 saturated carbocycles. The standard InChI is InChI=1S/C24H21N3O3S/c1-3-4-18(12-23(28)29)17-6-8-19(9-7-17)30-13-16-5-10-22-20(11-16)21(14-31-22)24-25-15-26-27(24)2/h5-11,14-15,18H,12-13H2,1-2H3,(H,28,29). The molecule has 2 heterocycles. The minimum Gasteiger partial charge on any atom is -0.489 e. The van der Waals surface area contributed by atoms with Crippen molar-refractivity contribution in [3.05, 3.63) is 65.3 Å². The number of carbonyl (C=O) groups is 1. The van der Waals surface area contributed by atoms with Gasteiger partial charge in [-0.15, -0.1) is 17.3 Å². The van der Waals surface area contributed by atoms with Crippen LogP contribution in [0.15, 0.2) is 54.2 Å². The SMILES string of the molecule is CC#CC(CC(=O)O)c1ccc(OCc2ccc3scc(-c4ncnn4C)c3c2)cc1. The lowest BCUT2D eigenvalue weighted by atomic mass is 9.96. The van der Waals surface area contributed by atoms with E-state index < -0.39 is 5.97 Å². The molecule has 0 radical (unpaired) electrons. The molecule has 1 atom stereocenters. The third-order valence-corrected chi connectivity index (χ3v) is 5.94. The van der Waals surface area contributed by atoms with E-state index in [4.69, 9.17) is 9.84 Å². The van der Waals surface area contributed by atoms with Crippen molar-refractivity contribution in [1.82, 2.24) is 14.8 Å². The fourth-order valence-corrected chi connectivity index (χ4v) is 4.36. The van der Waals surface area contributed by atoms with E-state index in [0.29, 0.717) is 6.61 Å². The van der Waals surface area contributed by atoms with Gasteiger partial charge in [-0.25, -0.2) is 9.67 Å². The van der Waals surface area contributed by atoms with Crippen LogP contribution in [0.5, 0.6) is 5.75 Å². The number of hydrogen-bond donors (Lipinski definition) is 1. The summed E-state index contributed by atoms with van der Waals surface area (Å²) in [5.41, 5.74) is 2.99. The van der Waals surface area contributed by atoms with Gasteiger partial charge in [0.05, 0.1) is 12.3 Å². The molecule has 4 aromatic rings. The van der Waals surface area contributed by atoms with Crippen molar-refractivity contribution in [2.45, 2.75) is 25.9 Å². The van der Waals surface area contributed by atoms with Crippen LogP contribution in [0.25, 0.3) is 21.5 Å². The summed E-state index contributed by atoms with van der Waals surface area (Å²) < 4.78 is 8.92. The van der Waals surface area contributed by atoms with Gasteiger partial charge in [0, 0.05) is 28.1 Å². The van der Waals surface area contributed by atoms with Crippen molar-refractivity contribution < 1.29 is 14.6 Å². The highest BCUT2D eigenvalue weighted by atomic mass is 32.1. The van der Waals surface area contributed by atoms with Crippen molar-refractivity contribution in [3.63, 3.8) is 0 Å². The predicted octanol–water partition coefficient (Wildman–Crippen LogP) is 4.86. The summed E-state index contributed by atoms with van der Waals surface area (Å²) in [4.78, 5) is 15.4. The maximum absolute atomic E-state index is 11.1. The van der Waals surface area contributed by atoms with Crippen LogP contribution in [0.2, 0.25) is 0 Å². The molecule has 2 aromatic carbocycles. The summed E-state index contributed by atoms with van der Waals surface area (Å²) in [6.07, 6.45) is 1.54. The number of aliphatic carboxylic acids is 1. The Morgan fingerprint density at radius 3 is 2.74 bits per heavy atom. The number of aryl methyl sites for hydroxylation is 1. The van der Waals surface area contributed by atoms with Crippen molar-refractivity contribution in [2.24, 2.45) is 7.05 Å². The van der Waals surface area contributed by atoms with Crippen molar-refractivity contribution >= 4 is 27.4 Å². The molecular weight excluding hydrogens is 410 g/mol. The van der Waals surface area contributed by atoms with Crippen LogP contribution in [0.3, 0.4) is 0 Å². The van der Waals surface area contributed by atoms with Crippen LogP contribution in [0.4, 0.5) is 0 Å². The van der Waals surface area contributed by atoms with E-state index in [1.54, 1.807) is 29.3 Å². The molecule has 0 amide bonds. The third kappa shape index (κ3) is 4.60. The normalized spacial score (nSPS) is 11.7. The molecule has 0 fully saturated rings. The van der Waals surface area contributed by atoms with E-state index >= 15 is 0 Å². The minimum absolute atomic E-state index is 0.0183. The number of aromatic nitrogens is 3. The Morgan fingerprint density at radius 2 is 2.06 bits per heavy atom. The summed E-state index contributed by atoms with van der Waals surface area (Å²) in [6.45, 7) is 2.14. The van der Waals surface area contributed by atoms with Gasteiger partial charge in [0.15, 0.2) is 5.82 Å². The zero-order chi connectivity index (χ0) is 21.8. The summed E-state index contributed by atoms with van der Waals surface area (Å²) in [5.74, 6) is 6.15. The minimum atomic E-state index is -0.863. The first kappa shape index (κ1) is 20.6. The Kier molecular flexibility index (Phi) is 6.01. The zero-order valence-corrected chi connectivity index (χ0v) is 18.0. The first-order valence-corrected chi connectivity index (χ1v) is 10.6. The first-order valence-electron chi connectivity index (χ1n) is 9.76. The quantitative estimate of drug-likeness (QED) is 0.423. The van der Waals surface area contributed by atoms with Crippen molar-refractivity contribution in [1.29, 1.82) is 0 Å². The lowest BCUT2D eigenvalue weighted by molar-refractivity contribution is -0.137. The Hall–Kier alpha value is -3.63. The molecule has 0 aliphatic carbocycles. The molecule has 0 saturated heterocycles. The molecule has 156 valence electrons. The Bertz CT molecular complexity index is 1280. The molecule has 1 unspecified atom stereocenters. The second kappa shape index (κ2) is 9.02. The fourth-order valence-electron chi connectivity index (χ4n) is 3.44. The highest BCUT2D eigenvalue weighted by molar-refractivity contribution is 7.17. The Balaban J connectivity index is 1.49. The van der Waals surface area contributed by atoms with Crippen LogP contribution in [-0.4, -0.2) is 25.8 Å². The molecule has 0 bridgehead atoms. The maximum atomic E-state index is 11.1. The molecule has 2 aromatic heterocycles. The average molecular weight is 432 g/mol. The Labute approximate surface area is 184 Å². The molecule has 0 aliphatic heterocycles. The smallest absolute Gasteiger partial charge is 0.304 e. The molecule has 4 rings (SSSR count). The van der Waals surface area contributed by atoms with E-state index in [1.165, 1.54) is 4.70 Å². The summed E-state index contributed by atoms with van der Waals surface area (Å²) in [5, 5.41) is 16.5. The summed E-state index contributed by atoms with van der Waals surface area (Å²) >= 11 is 1.68. The van der Waals surface area contributed by atoms with Crippen LogP contribution in [-0.2, 0) is 18.4 Å². The summed E-state index contributed by atoms with van der Waals surface area (Å²) in [6, 6.07) is 13.8. The monoisotopic (exact) mass is 431 g/mol. The summed E-state index contributed by atoms with van der Waals surface area (Å²) in [7, 11) is 1.88. The van der Waals surface area contributed by atoms with Crippen LogP contribution >= 0.6 is 11.3 Å². The molecule has 7 heteroatoms. The lowest BCUT2D eigenvalue weighted by Crippen LogP contribution is -2.04. The predicted molar refractivity (Wildman–Crippen MR) is 121 cm³/mol. The van der Waals surface area contributed by atoms with Crippen molar-refractivity contribution in [2.75, 3.05) is 0 Å². The molecule has 31 heavy (non-hydrogen) atoms. The third-order valence-electron chi connectivity index (χ3n) is 4.98. The molecular formula is C24H21N3O3S. The highest BCUT2D eigenvalue weighted by Crippen LogP contribution is 2.33. The van der Waals surface area contributed by atoms with Crippen LogP contribution in [0, 0.1) is 11.8 Å². The molecule has 0 spiro atoms. The topological polar surface area (TPSA) is 77.2 Å². The first-order chi connectivity index (χ1) is 15.0. The number of carboxylic acids is 1. The van der Waals surface area contributed by atoms with Gasteiger partial charge in [-0.1, -0.05) is 24.1 Å². The number of hydrogen-bond acceptors (Lipinski definition) is 5. The van der Waals surface area contributed by atoms with E-state index in [2.05, 4.69) is 45.5 Å². The van der Waals surface area contributed by atoms with Crippen molar-refractivity contribution in [3.8, 4) is 29.0 Å². The number of thiophene rings is 1. The number of nitrogens with zero attached hydrogens (tertiary/aromatic N) is 3. The van der Waals surface area contributed by atoms with Gasteiger partial charge >= 0.3 is 5.97 Å². The number of fused-ring (bicyclic) bond motifs is 1. The maximum Gasteiger partial charge on any atom is 0.304 e. The van der Waals surface area contributed by atoms with Gasteiger partial charge in [0.2, 0.25) is 0 Å². The lowest BCUT2D eigenvalue weighted by Gasteiger charge is -2.11. The van der Waals surface area contributed by atoms with E-state index in [1.807, 2.05) is 31.3 Å². The second-order valence-electron chi connectivity index (χ2n) is 7.09. The van der Waals surface area contributed by atoms with Gasteiger partial charge < -0.3 is 9.84 Å². The largest absolute Gasteiger partial charge is 0.489 e. The molecule has 0 aliphatic rings. The molecule has 1 N–H and O–H groups in total. The fraction of sp³-hybridized carbons (Fsp3) is 0.208. The van der Waals surface area contributed by atoms with E-state index in [9.17, 15) is 4.79 Å². The van der Waals surface area contributed by atoms with Gasteiger partial charge in [0.1, 0.15) is 18.7 Å². The van der Waals surface area contributed by atoms with Gasteiger partial charge in [-0.2, -0.15) is 5.10 Å². The number of ether oxygens (including phenoxy) is 1. The van der Waals surface area contributed by atoms with Gasteiger partial charge in [0.25, 0.3) is 0 Å². The highest BCUT2D eigenvalue weighted by Gasteiger charge is 2.14. The average Bonchev–Trinajstić information content (AvgIpc) is 3.37. The van der Waals surface area contributed by atoms with Gasteiger partial charge in [-0.05, 0) is 42.3 Å². The number of rotatable bonds is 7. The second-order valence-corrected chi connectivity index (χ2v) is 8.00. The zero-order valence-electron chi connectivity index (χ0n) is 17.2. The number of carboxylic acid groups (broad SMARTS) is 1. The van der Waals surface area contributed by atoms with Crippen LogP contribution < -0.4 is 4.74 Å².